The van der Waals surface area contributed by atoms with E-state index in [2.05, 4.69) is 20.8 Å². The van der Waals surface area contributed by atoms with Gasteiger partial charge < -0.3 is 19.7 Å². The number of ether oxygens (including phenoxy) is 2. The highest BCUT2D eigenvalue weighted by molar-refractivity contribution is 5.66. The van der Waals surface area contributed by atoms with E-state index >= 15 is 0 Å². The zero-order chi connectivity index (χ0) is 25.1. The quantitative estimate of drug-likeness (QED) is 0.256. The van der Waals surface area contributed by atoms with Crippen LogP contribution in [-0.2, 0) is 14.3 Å². The fraction of sp³-hybridized carbons (Fsp3) is 0.964. The van der Waals surface area contributed by atoms with E-state index in [1.165, 1.54) is 19.8 Å². The molecule has 0 aromatic carbocycles. The first-order valence-corrected chi connectivity index (χ1v) is 13.3. The number of esters is 1. The van der Waals surface area contributed by atoms with E-state index in [1.54, 1.807) is 13.8 Å². The summed E-state index contributed by atoms with van der Waals surface area (Å²) in [5.74, 6) is 0.406. The van der Waals surface area contributed by atoms with Gasteiger partial charge in [0.2, 0.25) is 0 Å². The average Bonchev–Trinajstić information content (AvgIpc) is 2.94. The van der Waals surface area contributed by atoms with Crippen LogP contribution in [0.5, 0.6) is 0 Å². The third-order valence-electron chi connectivity index (χ3n) is 8.27. The predicted octanol–water partition coefficient (Wildman–Crippen LogP) is 6.39. The van der Waals surface area contributed by atoms with Gasteiger partial charge in [-0.25, -0.2) is 0 Å². The van der Waals surface area contributed by atoms with Crippen LogP contribution in [0.4, 0.5) is 0 Å². The predicted molar refractivity (Wildman–Crippen MR) is 133 cm³/mol. The second-order valence-corrected chi connectivity index (χ2v) is 13.0. The van der Waals surface area contributed by atoms with Crippen LogP contribution < -0.4 is 0 Å². The van der Waals surface area contributed by atoms with Gasteiger partial charge in [0.15, 0.2) is 5.79 Å². The first-order chi connectivity index (χ1) is 15.0. The minimum absolute atomic E-state index is 0.0717. The zero-order valence-electron chi connectivity index (χ0n) is 22.7. The van der Waals surface area contributed by atoms with Crippen molar-refractivity contribution in [2.24, 2.45) is 23.2 Å². The zero-order valence-corrected chi connectivity index (χ0v) is 22.7. The standard InChI is InChI=1S/C28H52O5/c1-20(29)32-24-14-11-19-28(8)22(15-16-23(24)28)21(12-9-17-25(2,3)30)13-10-18-26(4,5)33-27(6,7)31/h21-24,30-31H,9-19H2,1-8H3/t21-,22-,23?,24+,28-/m1/s1. The molecular weight excluding hydrogens is 416 g/mol. The van der Waals surface area contributed by atoms with E-state index in [4.69, 9.17) is 9.47 Å². The minimum Gasteiger partial charge on any atom is -0.462 e. The minimum atomic E-state index is -1.13. The monoisotopic (exact) mass is 468 g/mol. The fourth-order valence-corrected chi connectivity index (χ4v) is 7.15. The van der Waals surface area contributed by atoms with Crippen molar-refractivity contribution < 1.29 is 24.5 Å². The second kappa shape index (κ2) is 11.0. The maximum Gasteiger partial charge on any atom is 0.302 e. The molecule has 0 radical (unpaired) electrons. The van der Waals surface area contributed by atoms with Crippen LogP contribution in [0.3, 0.4) is 0 Å². The molecule has 194 valence electrons. The third-order valence-corrected chi connectivity index (χ3v) is 8.27. The maximum absolute atomic E-state index is 11.7. The van der Waals surface area contributed by atoms with Gasteiger partial charge in [-0.2, -0.15) is 0 Å². The Kier molecular flexibility index (Phi) is 9.49. The molecule has 1 unspecified atom stereocenters. The van der Waals surface area contributed by atoms with Crippen LogP contribution in [0.15, 0.2) is 0 Å². The summed E-state index contributed by atoms with van der Waals surface area (Å²) in [7, 11) is 0. The summed E-state index contributed by atoms with van der Waals surface area (Å²) in [6.07, 6.45) is 11.8. The number of fused-ring (bicyclic) bond motifs is 1. The Bertz CT molecular complexity index is 629. The fourth-order valence-electron chi connectivity index (χ4n) is 7.15. The van der Waals surface area contributed by atoms with Gasteiger partial charge in [-0.3, -0.25) is 4.79 Å². The van der Waals surface area contributed by atoms with Crippen LogP contribution in [0.25, 0.3) is 0 Å². The Hall–Kier alpha value is -0.650. The molecule has 5 heteroatoms. The van der Waals surface area contributed by atoms with Crippen molar-refractivity contribution in [1.82, 2.24) is 0 Å². The van der Waals surface area contributed by atoms with Crippen molar-refractivity contribution in [3.63, 3.8) is 0 Å². The molecule has 2 N–H and O–H groups in total. The lowest BCUT2D eigenvalue weighted by atomic mass is 9.60. The molecule has 2 aliphatic rings. The topological polar surface area (TPSA) is 76.0 Å². The lowest BCUT2D eigenvalue weighted by molar-refractivity contribution is -0.237. The Balaban J connectivity index is 2.10. The lowest BCUT2D eigenvalue weighted by Gasteiger charge is -2.47. The van der Waals surface area contributed by atoms with Gasteiger partial charge in [0, 0.05) is 12.8 Å². The average molecular weight is 469 g/mol. The molecule has 0 amide bonds. The first kappa shape index (κ1) is 28.6. The Morgan fingerprint density at radius 2 is 1.61 bits per heavy atom. The summed E-state index contributed by atoms with van der Waals surface area (Å²) in [6.45, 7) is 15.3. The Morgan fingerprint density at radius 3 is 2.15 bits per heavy atom. The second-order valence-electron chi connectivity index (χ2n) is 13.0. The molecular formula is C28H52O5. The molecule has 0 aliphatic heterocycles. The van der Waals surface area contributed by atoms with Crippen LogP contribution in [0.2, 0.25) is 0 Å². The molecule has 0 heterocycles. The number of hydrogen-bond donors (Lipinski definition) is 2. The largest absolute Gasteiger partial charge is 0.462 e. The number of rotatable bonds is 12. The smallest absolute Gasteiger partial charge is 0.302 e. The molecule has 2 saturated carbocycles. The van der Waals surface area contributed by atoms with E-state index in [0.717, 1.165) is 57.8 Å². The molecule has 0 spiro atoms. The first-order valence-electron chi connectivity index (χ1n) is 13.3. The molecule has 0 aromatic heterocycles. The molecule has 0 aromatic rings. The van der Waals surface area contributed by atoms with Crippen molar-refractivity contribution in [3.05, 3.63) is 0 Å². The van der Waals surface area contributed by atoms with E-state index in [-0.39, 0.29) is 23.1 Å². The summed E-state index contributed by atoms with van der Waals surface area (Å²) in [5.41, 5.74) is -0.777. The van der Waals surface area contributed by atoms with E-state index in [1.807, 2.05) is 13.8 Å². The van der Waals surface area contributed by atoms with Crippen molar-refractivity contribution in [2.45, 2.75) is 149 Å². The van der Waals surface area contributed by atoms with Gasteiger partial charge >= 0.3 is 5.97 Å². The van der Waals surface area contributed by atoms with Crippen molar-refractivity contribution in [2.75, 3.05) is 0 Å². The third kappa shape index (κ3) is 8.81. The number of carbonyl (C=O) groups excluding carboxylic acids is 1. The number of hydrogen-bond acceptors (Lipinski definition) is 5. The normalized spacial score (nSPS) is 29.6. The van der Waals surface area contributed by atoms with Crippen LogP contribution >= 0.6 is 0 Å². The van der Waals surface area contributed by atoms with E-state index in [9.17, 15) is 15.0 Å². The molecule has 5 atom stereocenters. The lowest BCUT2D eigenvalue weighted by Crippen LogP contribution is -2.43. The molecule has 2 rings (SSSR count). The molecule has 33 heavy (non-hydrogen) atoms. The van der Waals surface area contributed by atoms with Gasteiger partial charge in [0.1, 0.15) is 6.10 Å². The summed E-state index contributed by atoms with van der Waals surface area (Å²) in [6, 6.07) is 0. The molecule has 0 bridgehead atoms. The Morgan fingerprint density at radius 1 is 1.00 bits per heavy atom. The van der Waals surface area contributed by atoms with Crippen molar-refractivity contribution in [1.29, 1.82) is 0 Å². The van der Waals surface area contributed by atoms with E-state index < -0.39 is 11.4 Å². The van der Waals surface area contributed by atoms with Crippen molar-refractivity contribution >= 4 is 5.97 Å². The molecule has 0 saturated heterocycles. The Labute approximate surface area is 203 Å². The summed E-state index contributed by atoms with van der Waals surface area (Å²) in [4.78, 5) is 11.7. The van der Waals surface area contributed by atoms with E-state index in [0.29, 0.717) is 17.8 Å². The highest BCUT2D eigenvalue weighted by Gasteiger charge is 2.54. The van der Waals surface area contributed by atoms with Crippen LogP contribution in [0.1, 0.15) is 126 Å². The summed E-state index contributed by atoms with van der Waals surface area (Å²) < 4.78 is 11.7. The van der Waals surface area contributed by atoms with Gasteiger partial charge in [-0.05, 0) is 104 Å². The molecule has 2 aliphatic carbocycles. The summed E-state index contributed by atoms with van der Waals surface area (Å²) in [5, 5.41) is 20.4. The SMILES string of the molecule is CC(=O)O[C@H]1CCC[C@@]2(C)C1CC[C@@H]2[C@H](CCCC(C)(C)O)CCCC(C)(C)OC(C)(C)O. The summed E-state index contributed by atoms with van der Waals surface area (Å²) >= 11 is 0. The number of carbonyl (C=O) groups is 1. The highest BCUT2D eigenvalue weighted by atomic mass is 16.6. The van der Waals surface area contributed by atoms with Gasteiger partial charge in [0.05, 0.1) is 11.2 Å². The van der Waals surface area contributed by atoms with Crippen LogP contribution in [-0.4, -0.2) is 39.3 Å². The molecule has 2 fully saturated rings. The van der Waals surface area contributed by atoms with Crippen molar-refractivity contribution in [3.8, 4) is 0 Å². The number of aliphatic hydroxyl groups is 2. The van der Waals surface area contributed by atoms with Gasteiger partial charge in [-0.1, -0.05) is 32.6 Å². The van der Waals surface area contributed by atoms with Crippen LogP contribution in [0, 0.1) is 23.2 Å². The van der Waals surface area contributed by atoms with Gasteiger partial charge in [0.25, 0.3) is 0 Å². The highest BCUT2D eigenvalue weighted by Crippen LogP contribution is 2.59. The van der Waals surface area contributed by atoms with Gasteiger partial charge in [-0.15, -0.1) is 0 Å². The molecule has 5 nitrogen and oxygen atoms in total. The maximum atomic E-state index is 11.7.